The Bertz CT molecular complexity index is 390. The van der Waals surface area contributed by atoms with E-state index >= 15 is 0 Å². The number of nitrogens with zero attached hydrogens (tertiary/aromatic N) is 2. The molecule has 92 valence electrons. The molecule has 0 amide bonds. The third-order valence-corrected chi connectivity index (χ3v) is 2.39. The zero-order valence-corrected chi connectivity index (χ0v) is 10.6. The first-order valence-corrected chi connectivity index (χ1v) is 5.75. The molecule has 1 heterocycles. The van der Waals surface area contributed by atoms with Crippen LogP contribution in [0.15, 0.2) is 18.3 Å². The van der Waals surface area contributed by atoms with E-state index in [0.29, 0.717) is 23.8 Å². The van der Waals surface area contributed by atoms with Crippen molar-refractivity contribution >= 4 is 5.82 Å². The molecular weight excluding hydrogens is 214 g/mol. The van der Waals surface area contributed by atoms with Gasteiger partial charge in [-0.15, -0.1) is 0 Å². The van der Waals surface area contributed by atoms with Crippen LogP contribution in [0.4, 0.5) is 5.82 Å². The van der Waals surface area contributed by atoms with Crippen molar-refractivity contribution in [3.05, 3.63) is 23.9 Å². The van der Waals surface area contributed by atoms with Gasteiger partial charge in [-0.2, -0.15) is 5.26 Å². The molecule has 0 aliphatic rings. The molecule has 1 aromatic heterocycles. The summed E-state index contributed by atoms with van der Waals surface area (Å²) in [6.45, 7) is 6.41. The number of aromatic nitrogens is 1. The van der Waals surface area contributed by atoms with Gasteiger partial charge in [0.15, 0.2) is 0 Å². The average molecular weight is 233 g/mol. The van der Waals surface area contributed by atoms with Crippen LogP contribution in [0.1, 0.15) is 32.8 Å². The molecule has 0 aliphatic carbocycles. The van der Waals surface area contributed by atoms with Gasteiger partial charge >= 0.3 is 0 Å². The van der Waals surface area contributed by atoms with Crippen molar-refractivity contribution in [1.82, 2.24) is 4.98 Å². The van der Waals surface area contributed by atoms with Gasteiger partial charge in [-0.3, -0.25) is 0 Å². The van der Waals surface area contributed by atoms with Crippen molar-refractivity contribution in [2.24, 2.45) is 5.92 Å². The number of hydrogen-bond acceptors (Lipinski definition) is 4. The van der Waals surface area contributed by atoms with Crippen LogP contribution in [0.2, 0.25) is 0 Å². The molecule has 4 nitrogen and oxygen atoms in total. The molecule has 4 heteroatoms. The molecule has 0 radical (unpaired) electrons. The van der Waals surface area contributed by atoms with Crippen molar-refractivity contribution in [2.45, 2.75) is 32.8 Å². The SMILES string of the molecule is CC(C)CC(C)(O)CNc1ccc(C#N)cn1. The van der Waals surface area contributed by atoms with Gasteiger partial charge in [0, 0.05) is 12.7 Å². The van der Waals surface area contributed by atoms with E-state index < -0.39 is 5.60 Å². The number of pyridine rings is 1. The molecule has 0 fully saturated rings. The summed E-state index contributed by atoms with van der Waals surface area (Å²) in [6, 6.07) is 5.45. The van der Waals surface area contributed by atoms with Gasteiger partial charge < -0.3 is 10.4 Å². The minimum absolute atomic E-state index is 0.445. The highest BCUT2D eigenvalue weighted by molar-refractivity contribution is 5.39. The summed E-state index contributed by atoms with van der Waals surface area (Å²) in [4.78, 5) is 4.09. The quantitative estimate of drug-likeness (QED) is 0.817. The van der Waals surface area contributed by atoms with Gasteiger partial charge in [-0.25, -0.2) is 4.98 Å². The Morgan fingerprint density at radius 1 is 1.53 bits per heavy atom. The largest absolute Gasteiger partial charge is 0.388 e. The summed E-state index contributed by atoms with van der Waals surface area (Å²) in [5.41, 5.74) is -0.214. The standard InChI is InChI=1S/C13H19N3O/c1-10(2)6-13(3,17)9-16-12-5-4-11(7-14)8-15-12/h4-5,8,10,17H,6,9H2,1-3H3,(H,15,16). The van der Waals surface area contributed by atoms with Gasteiger partial charge in [0.25, 0.3) is 0 Å². The lowest BCUT2D eigenvalue weighted by molar-refractivity contribution is 0.0515. The molecule has 0 spiro atoms. The third-order valence-electron chi connectivity index (χ3n) is 2.39. The highest BCUT2D eigenvalue weighted by Crippen LogP contribution is 2.16. The fourth-order valence-corrected chi connectivity index (χ4v) is 1.80. The molecule has 1 unspecified atom stereocenters. The Kier molecular flexibility index (Phi) is 4.47. The second kappa shape index (κ2) is 5.65. The van der Waals surface area contributed by atoms with Gasteiger partial charge in [0.2, 0.25) is 0 Å². The molecule has 0 saturated heterocycles. The summed E-state index contributed by atoms with van der Waals surface area (Å²) in [5, 5.41) is 21.8. The summed E-state index contributed by atoms with van der Waals surface area (Å²) < 4.78 is 0. The molecule has 1 aromatic rings. The first kappa shape index (κ1) is 13.5. The monoisotopic (exact) mass is 233 g/mol. The van der Waals surface area contributed by atoms with Crippen LogP contribution < -0.4 is 5.32 Å². The van der Waals surface area contributed by atoms with Crippen molar-refractivity contribution < 1.29 is 5.11 Å². The lowest BCUT2D eigenvalue weighted by atomic mass is 9.94. The van der Waals surface area contributed by atoms with Crippen LogP contribution in [-0.2, 0) is 0 Å². The maximum absolute atomic E-state index is 10.1. The van der Waals surface area contributed by atoms with Gasteiger partial charge in [0.1, 0.15) is 11.9 Å². The summed E-state index contributed by atoms with van der Waals surface area (Å²) in [5.74, 6) is 1.12. The summed E-state index contributed by atoms with van der Waals surface area (Å²) in [6.07, 6.45) is 2.25. The smallest absolute Gasteiger partial charge is 0.126 e. The Morgan fingerprint density at radius 3 is 2.71 bits per heavy atom. The van der Waals surface area contributed by atoms with E-state index in [-0.39, 0.29) is 0 Å². The Morgan fingerprint density at radius 2 is 2.24 bits per heavy atom. The van der Waals surface area contributed by atoms with E-state index in [0.717, 1.165) is 6.42 Å². The summed E-state index contributed by atoms with van der Waals surface area (Å²) >= 11 is 0. The van der Waals surface area contributed by atoms with Crippen LogP contribution >= 0.6 is 0 Å². The van der Waals surface area contributed by atoms with Crippen LogP contribution in [-0.4, -0.2) is 22.2 Å². The maximum Gasteiger partial charge on any atom is 0.126 e. The van der Waals surface area contributed by atoms with E-state index in [1.54, 1.807) is 12.1 Å². The lowest BCUT2D eigenvalue weighted by Crippen LogP contribution is -2.35. The highest BCUT2D eigenvalue weighted by atomic mass is 16.3. The average Bonchev–Trinajstić information content (AvgIpc) is 2.25. The number of nitrogens with one attached hydrogen (secondary N) is 1. The van der Waals surface area contributed by atoms with E-state index in [1.807, 2.05) is 13.0 Å². The molecule has 0 aromatic carbocycles. The van der Waals surface area contributed by atoms with E-state index in [4.69, 9.17) is 5.26 Å². The highest BCUT2D eigenvalue weighted by Gasteiger charge is 2.21. The zero-order chi connectivity index (χ0) is 12.9. The second-order valence-corrected chi connectivity index (χ2v) is 4.99. The third kappa shape index (κ3) is 4.83. The van der Waals surface area contributed by atoms with Crippen molar-refractivity contribution in [2.75, 3.05) is 11.9 Å². The Balaban J connectivity index is 2.52. The van der Waals surface area contributed by atoms with Crippen LogP contribution in [0.25, 0.3) is 0 Å². The predicted octanol–water partition coefficient (Wildman–Crippen LogP) is 2.16. The van der Waals surface area contributed by atoms with Crippen molar-refractivity contribution in [3.63, 3.8) is 0 Å². The number of aliphatic hydroxyl groups is 1. The normalized spacial score (nSPS) is 14.1. The van der Waals surface area contributed by atoms with Gasteiger partial charge in [-0.1, -0.05) is 13.8 Å². The molecule has 0 bridgehead atoms. The molecular formula is C13H19N3O. The van der Waals surface area contributed by atoms with E-state index in [2.05, 4.69) is 24.1 Å². The fraction of sp³-hybridized carbons (Fsp3) is 0.538. The fourth-order valence-electron chi connectivity index (χ4n) is 1.80. The molecule has 17 heavy (non-hydrogen) atoms. The first-order chi connectivity index (χ1) is 7.93. The summed E-state index contributed by atoms with van der Waals surface area (Å²) in [7, 11) is 0. The Hall–Kier alpha value is -1.60. The number of nitriles is 1. The lowest BCUT2D eigenvalue weighted by Gasteiger charge is -2.25. The molecule has 1 rings (SSSR count). The minimum Gasteiger partial charge on any atom is -0.388 e. The van der Waals surface area contributed by atoms with Gasteiger partial charge in [-0.05, 0) is 31.4 Å². The maximum atomic E-state index is 10.1. The van der Waals surface area contributed by atoms with Crippen LogP contribution in [0.5, 0.6) is 0 Å². The Labute approximate surface area is 102 Å². The predicted molar refractivity (Wildman–Crippen MR) is 67.5 cm³/mol. The van der Waals surface area contributed by atoms with Gasteiger partial charge in [0.05, 0.1) is 11.2 Å². The minimum atomic E-state index is -0.746. The molecule has 0 saturated carbocycles. The van der Waals surface area contributed by atoms with E-state index in [1.165, 1.54) is 6.20 Å². The molecule has 2 N–H and O–H groups in total. The number of rotatable bonds is 5. The number of anilines is 1. The van der Waals surface area contributed by atoms with Crippen LogP contribution in [0, 0.1) is 17.2 Å². The number of hydrogen-bond donors (Lipinski definition) is 2. The van der Waals surface area contributed by atoms with Crippen LogP contribution in [0.3, 0.4) is 0 Å². The first-order valence-electron chi connectivity index (χ1n) is 5.75. The molecule has 0 aliphatic heterocycles. The zero-order valence-electron chi connectivity index (χ0n) is 10.6. The topological polar surface area (TPSA) is 68.9 Å². The van der Waals surface area contributed by atoms with E-state index in [9.17, 15) is 5.11 Å². The second-order valence-electron chi connectivity index (χ2n) is 4.99. The van der Waals surface area contributed by atoms with Crippen molar-refractivity contribution in [1.29, 1.82) is 5.26 Å². The van der Waals surface area contributed by atoms with Crippen molar-refractivity contribution in [3.8, 4) is 6.07 Å². The molecule has 1 atom stereocenters.